The lowest BCUT2D eigenvalue weighted by molar-refractivity contribution is -0.870. The summed E-state index contributed by atoms with van der Waals surface area (Å²) in [5, 5.41) is 9.38. The van der Waals surface area contributed by atoms with Gasteiger partial charge in [-0.05, 0) is 66.0 Å². The molecule has 0 aliphatic rings. The van der Waals surface area contributed by atoms with Gasteiger partial charge in [0.1, 0.15) is 11.4 Å². The number of benzene rings is 1. The smallest absolute Gasteiger partial charge is 0.344 e. The number of aromatic nitrogens is 1. The molecule has 1 amide bonds. The van der Waals surface area contributed by atoms with Crippen molar-refractivity contribution in [2.45, 2.75) is 66.0 Å². The van der Waals surface area contributed by atoms with Crippen molar-refractivity contribution in [3.8, 4) is 5.75 Å². The van der Waals surface area contributed by atoms with Crippen LogP contribution < -0.4 is 15.6 Å². The van der Waals surface area contributed by atoms with Gasteiger partial charge in [0.05, 0.1) is 44.2 Å². The van der Waals surface area contributed by atoms with E-state index >= 15 is 0 Å². The normalized spacial score (nSPS) is 11.5. The zero-order chi connectivity index (χ0) is 28.6. The number of carbonyl (C=O) groups excluding carboxylic acids is 4. The van der Waals surface area contributed by atoms with Crippen molar-refractivity contribution in [1.82, 2.24) is 4.57 Å². The lowest BCUT2D eigenvalue weighted by Gasteiger charge is -2.23. The number of aryl methyl sites for hydroxylation is 1. The third-order valence-electron chi connectivity index (χ3n) is 5.24. The maximum Gasteiger partial charge on any atom is 0.344 e. The third kappa shape index (κ3) is 10.6. The minimum absolute atomic E-state index is 0.226. The summed E-state index contributed by atoms with van der Waals surface area (Å²) in [6, 6.07) is 5.36. The third-order valence-corrected chi connectivity index (χ3v) is 5.24. The van der Waals surface area contributed by atoms with Crippen molar-refractivity contribution < 1.29 is 38.2 Å². The summed E-state index contributed by atoms with van der Waals surface area (Å²) in [4.78, 5) is 45.5. The average Bonchev–Trinajstić information content (AvgIpc) is 3.01. The van der Waals surface area contributed by atoms with Crippen LogP contribution in [-0.2, 0) is 25.7 Å². The number of aliphatic carboxylic acids is 1. The van der Waals surface area contributed by atoms with E-state index in [0.717, 1.165) is 42.7 Å². The zero-order valence-corrected chi connectivity index (χ0v) is 23.3. The Balaban J connectivity index is 0.00000159. The van der Waals surface area contributed by atoms with Crippen molar-refractivity contribution in [2.24, 2.45) is 5.73 Å². The fourth-order valence-electron chi connectivity index (χ4n) is 3.84. The number of ketones is 1. The van der Waals surface area contributed by atoms with Crippen LogP contribution in [0.25, 0.3) is 10.9 Å². The zero-order valence-electron chi connectivity index (χ0n) is 23.3. The highest BCUT2D eigenvalue weighted by molar-refractivity contribution is 6.45. The first kappa shape index (κ1) is 31.6. The van der Waals surface area contributed by atoms with Gasteiger partial charge in [-0.1, -0.05) is 6.07 Å². The molecule has 10 nitrogen and oxygen atoms in total. The van der Waals surface area contributed by atoms with E-state index in [-0.39, 0.29) is 12.2 Å². The Morgan fingerprint density at radius 2 is 1.65 bits per heavy atom. The molecule has 0 radical (unpaired) electrons. The van der Waals surface area contributed by atoms with Crippen LogP contribution in [0.4, 0.5) is 0 Å². The molecule has 0 bridgehead atoms. The minimum Gasteiger partial charge on any atom is -0.550 e. The molecule has 1 heterocycles. The predicted octanol–water partition coefficient (Wildman–Crippen LogP) is 1.97. The lowest BCUT2D eigenvalue weighted by atomic mass is 10.1. The molecule has 0 aliphatic carbocycles. The number of Topliss-reactive ketones (excluding diaryl/α,β-unsaturated/α-hetero) is 1. The van der Waals surface area contributed by atoms with Crippen LogP contribution in [0.15, 0.2) is 18.2 Å². The topological polar surface area (TPSA) is 141 Å². The van der Waals surface area contributed by atoms with Crippen molar-refractivity contribution >= 4 is 34.5 Å². The number of carboxylic acids is 1. The number of nitrogens with two attached hydrogens (primary N) is 1. The molecule has 10 heteroatoms. The number of quaternary nitrogens is 1. The van der Waals surface area contributed by atoms with Crippen LogP contribution >= 0.6 is 0 Å². The van der Waals surface area contributed by atoms with Gasteiger partial charge in [0.25, 0.3) is 11.7 Å². The number of hydrogen-bond acceptors (Lipinski definition) is 7. The van der Waals surface area contributed by atoms with Crippen LogP contribution in [-0.4, -0.2) is 72.6 Å². The number of carboxylic acid groups (broad SMARTS) is 1. The van der Waals surface area contributed by atoms with Gasteiger partial charge in [0.2, 0.25) is 0 Å². The second-order valence-corrected chi connectivity index (χ2v) is 10.9. The molecular weight excluding hydrogens is 478 g/mol. The molecular formula is C27H41N3O7. The van der Waals surface area contributed by atoms with Crippen LogP contribution in [0, 0.1) is 6.92 Å². The fraction of sp³-hybridized carbons (Fsp3) is 0.556. The number of rotatable bonds is 11. The first-order valence-corrected chi connectivity index (χ1v) is 12.2. The van der Waals surface area contributed by atoms with E-state index in [2.05, 4.69) is 21.1 Å². The van der Waals surface area contributed by atoms with E-state index in [4.69, 9.17) is 25.1 Å². The second kappa shape index (κ2) is 13.2. The molecule has 0 spiro atoms. The van der Waals surface area contributed by atoms with Crippen LogP contribution in [0.3, 0.4) is 0 Å². The van der Waals surface area contributed by atoms with E-state index in [9.17, 15) is 14.4 Å². The molecule has 2 aromatic rings. The summed E-state index contributed by atoms with van der Waals surface area (Å²) >= 11 is 0. The number of carbonyl (C=O) groups is 4. The van der Waals surface area contributed by atoms with Crippen molar-refractivity contribution in [3.05, 3.63) is 29.5 Å². The molecule has 1 aromatic carbocycles. The highest BCUT2D eigenvalue weighted by Crippen LogP contribution is 2.34. The molecule has 0 unspecified atom stereocenters. The Hall–Kier alpha value is -3.40. The van der Waals surface area contributed by atoms with E-state index in [1.807, 2.05) is 10.6 Å². The van der Waals surface area contributed by atoms with Crippen LogP contribution in [0.2, 0.25) is 0 Å². The summed E-state index contributed by atoms with van der Waals surface area (Å²) in [5.41, 5.74) is 6.37. The largest absolute Gasteiger partial charge is 0.550 e. The number of fused-ring (bicyclic) bond motifs is 1. The summed E-state index contributed by atoms with van der Waals surface area (Å²) in [6.45, 7) is 9.58. The number of nitrogens with zero attached hydrogens (tertiary/aromatic N) is 2. The van der Waals surface area contributed by atoms with Gasteiger partial charge >= 0.3 is 5.97 Å². The number of unbranched alkanes of at least 4 members (excludes halogenated alkanes) is 2. The number of ether oxygens (including phenoxy) is 2. The quantitative estimate of drug-likeness (QED) is 0.157. The van der Waals surface area contributed by atoms with Gasteiger partial charge in [-0.2, -0.15) is 0 Å². The maximum atomic E-state index is 12.7. The van der Waals surface area contributed by atoms with E-state index < -0.39 is 29.2 Å². The van der Waals surface area contributed by atoms with Gasteiger partial charge < -0.3 is 34.2 Å². The van der Waals surface area contributed by atoms with Gasteiger partial charge in [-0.15, -0.1) is 0 Å². The summed E-state index contributed by atoms with van der Waals surface area (Å²) in [6.07, 6.45) is 3.07. The Morgan fingerprint density at radius 3 is 2.16 bits per heavy atom. The Bertz CT molecular complexity index is 1120. The summed E-state index contributed by atoms with van der Waals surface area (Å²) < 4.78 is 14.0. The SMILES string of the molecule is CC(=O)[O-].Cc1c(C(=O)C(N)=O)c2c(OCC(=O)OC(C)(C)C)cccc2n1CCCCC[N+](C)(C)C. The molecule has 0 saturated heterocycles. The van der Waals surface area contributed by atoms with Gasteiger partial charge in [0.15, 0.2) is 6.61 Å². The summed E-state index contributed by atoms with van der Waals surface area (Å²) in [7, 11) is 6.51. The van der Waals surface area contributed by atoms with E-state index in [1.54, 1.807) is 39.8 Å². The molecule has 0 fully saturated rings. The first-order valence-electron chi connectivity index (χ1n) is 12.2. The van der Waals surface area contributed by atoms with Gasteiger partial charge in [-0.3, -0.25) is 9.59 Å². The maximum absolute atomic E-state index is 12.7. The molecule has 2 N–H and O–H groups in total. The standard InChI is InChI=1S/C25H37N3O5.C2H4O2/c1-17-21(23(30)24(26)31)22-18(27(17)14-9-8-10-15-28(5,6)7)12-11-13-19(22)32-16-20(29)33-25(2,3)4;1-2(3)4/h11-13H,8-10,14-16H2,1-7H3,(H-,26,31);1H3,(H,3,4). The first-order chi connectivity index (χ1) is 16.9. The number of esters is 1. The molecule has 0 aliphatic heterocycles. The average molecular weight is 520 g/mol. The summed E-state index contributed by atoms with van der Waals surface area (Å²) in [5.74, 6) is -3.05. The van der Waals surface area contributed by atoms with Crippen LogP contribution in [0.1, 0.15) is 63.0 Å². The molecule has 1 aromatic heterocycles. The number of hydrogen-bond donors (Lipinski definition) is 1. The van der Waals surface area contributed by atoms with Crippen molar-refractivity contribution in [2.75, 3.05) is 34.3 Å². The Labute approximate surface area is 218 Å². The monoisotopic (exact) mass is 519 g/mol. The molecule has 37 heavy (non-hydrogen) atoms. The molecule has 0 atom stereocenters. The number of primary amides is 1. The molecule has 2 rings (SSSR count). The van der Waals surface area contributed by atoms with Crippen molar-refractivity contribution in [1.29, 1.82) is 0 Å². The minimum atomic E-state index is -1.08. The Morgan fingerprint density at radius 1 is 1.05 bits per heavy atom. The van der Waals surface area contributed by atoms with Gasteiger partial charge in [-0.25, -0.2) is 4.79 Å². The highest BCUT2D eigenvalue weighted by Gasteiger charge is 2.26. The molecule has 0 saturated carbocycles. The van der Waals surface area contributed by atoms with E-state index in [0.29, 0.717) is 23.4 Å². The fourth-order valence-corrected chi connectivity index (χ4v) is 3.84. The molecule has 206 valence electrons. The Kier molecular flexibility index (Phi) is 11.3. The highest BCUT2D eigenvalue weighted by atomic mass is 16.6. The van der Waals surface area contributed by atoms with Crippen molar-refractivity contribution in [3.63, 3.8) is 0 Å². The second-order valence-electron chi connectivity index (χ2n) is 10.9. The van der Waals surface area contributed by atoms with Gasteiger partial charge in [0, 0.05) is 18.2 Å². The lowest BCUT2D eigenvalue weighted by Crippen LogP contribution is -2.35. The van der Waals surface area contributed by atoms with E-state index in [1.165, 1.54) is 0 Å². The number of amides is 1. The van der Waals surface area contributed by atoms with Crippen LogP contribution in [0.5, 0.6) is 5.75 Å². The predicted molar refractivity (Wildman–Crippen MR) is 139 cm³/mol.